The van der Waals surface area contributed by atoms with E-state index in [1.54, 1.807) is 12.1 Å². The molecule has 0 aliphatic carbocycles. The highest BCUT2D eigenvalue weighted by Crippen LogP contribution is 2.32. The molecule has 0 bridgehead atoms. The molecule has 0 amide bonds. The average molecular weight is 262 g/mol. The Kier molecular flexibility index (Phi) is 4.45. The van der Waals surface area contributed by atoms with Crippen molar-refractivity contribution in [3.63, 3.8) is 0 Å². The predicted octanol–water partition coefficient (Wildman–Crippen LogP) is 3.20. The Labute approximate surface area is 102 Å². The lowest BCUT2D eigenvalue weighted by atomic mass is 10.1. The molecule has 1 aromatic carbocycles. The van der Waals surface area contributed by atoms with Gasteiger partial charge in [-0.15, -0.1) is 11.8 Å². The zero-order chi connectivity index (χ0) is 13.1. The summed E-state index contributed by atoms with van der Waals surface area (Å²) in [4.78, 5) is 0.781. The monoisotopic (exact) mass is 262 g/mol. The normalized spacial score (nSPS) is 13.4. The number of amidine groups is 1. The summed E-state index contributed by atoms with van der Waals surface area (Å²) < 4.78 is 37.6. The number of hydrogen-bond acceptors (Lipinski definition) is 2. The first-order valence-electron chi connectivity index (χ1n) is 4.91. The maximum Gasteiger partial charge on any atom is 0.399 e. The van der Waals surface area contributed by atoms with Gasteiger partial charge >= 0.3 is 6.18 Å². The SMILES string of the molecule is Cc1ccccc1SCC(C(=N)N)C(F)(F)F. The molecule has 17 heavy (non-hydrogen) atoms. The fourth-order valence-electron chi connectivity index (χ4n) is 1.25. The van der Waals surface area contributed by atoms with E-state index in [0.717, 1.165) is 22.2 Å². The first kappa shape index (κ1) is 13.9. The molecule has 0 saturated carbocycles. The molecule has 1 unspecified atom stereocenters. The number of hydrogen-bond donors (Lipinski definition) is 2. The van der Waals surface area contributed by atoms with E-state index in [4.69, 9.17) is 11.1 Å². The molecule has 0 fully saturated rings. The van der Waals surface area contributed by atoms with Crippen LogP contribution in [-0.2, 0) is 0 Å². The van der Waals surface area contributed by atoms with E-state index >= 15 is 0 Å². The fraction of sp³-hybridized carbons (Fsp3) is 0.364. The molecule has 0 radical (unpaired) electrons. The van der Waals surface area contributed by atoms with E-state index in [1.165, 1.54) is 0 Å². The van der Waals surface area contributed by atoms with Crippen LogP contribution < -0.4 is 5.73 Å². The minimum atomic E-state index is -4.46. The molecule has 1 aromatic rings. The zero-order valence-corrected chi connectivity index (χ0v) is 10.0. The van der Waals surface area contributed by atoms with Crippen LogP contribution in [-0.4, -0.2) is 17.8 Å². The quantitative estimate of drug-likeness (QED) is 0.497. The lowest BCUT2D eigenvalue weighted by Crippen LogP contribution is -2.36. The summed E-state index contributed by atoms with van der Waals surface area (Å²) in [5.41, 5.74) is 5.89. The van der Waals surface area contributed by atoms with Gasteiger partial charge in [-0.2, -0.15) is 13.2 Å². The van der Waals surface area contributed by atoms with Crippen LogP contribution in [0.15, 0.2) is 29.2 Å². The topological polar surface area (TPSA) is 49.9 Å². The molecule has 6 heteroatoms. The summed E-state index contributed by atoms with van der Waals surface area (Å²) in [7, 11) is 0. The molecule has 0 heterocycles. The molecule has 0 saturated heterocycles. The van der Waals surface area contributed by atoms with Crippen LogP contribution in [0.25, 0.3) is 0 Å². The van der Waals surface area contributed by atoms with E-state index in [9.17, 15) is 13.2 Å². The third-order valence-corrected chi connectivity index (χ3v) is 3.54. The van der Waals surface area contributed by atoms with Crippen molar-refractivity contribution in [2.45, 2.75) is 18.0 Å². The molecule has 3 N–H and O–H groups in total. The van der Waals surface area contributed by atoms with Crippen LogP contribution in [0.5, 0.6) is 0 Å². The standard InChI is InChI=1S/C11H13F3N2S/c1-7-4-2-3-5-9(7)17-6-8(10(15)16)11(12,13)14/h2-5,8H,6H2,1H3,(H3,15,16). The highest BCUT2D eigenvalue weighted by Gasteiger charge is 2.41. The Bertz CT molecular complexity index is 404. The molecule has 0 aliphatic heterocycles. The Morgan fingerprint density at radius 3 is 2.47 bits per heavy atom. The van der Waals surface area contributed by atoms with Crippen LogP contribution in [0.1, 0.15) is 5.56 Å². The van der Waals surface area contributed by atoms with Gasteiger partial charge in [-0.05, 0) is 18.6 Å². The molecular formula is C11H13F3N2S. The fourth-order valence-corrected chi connectivity index (χ4v) is 2.44. The van der Waals surface area contributed by atoms with Crippen LogP contribution >= 0.6 is 11.8 Å². The number of nitrogens with two attached hydrogens (primary N) is 1. The lowest BCUT2D eigenvalue weighted by Gasteiger charge is -2.18. The van der Waals surface area contributed by atoms with Gasteiger partial charge in [-0.1, -0.05) is 18.2 Å². The Morgan fingerprint density at radius 2 is 2.00 bits per heavy atom. The van der Waals surface area contributed by atoms with Gasteiger partial charge in [0.2, 0.25) is 0 Å². The zero-order valence-electron chi connectivity index (χ0n) is 9.21. The van der Waals surface area contributed by atoms with E-state index in [0.29, 0.717) is 0 Å². The largest absolute Gasteiger partial charge is 0.399 e. The molecular weight excluding hydrogens is 249 g/mol. The number of benzene rings is 1. The van der Waals surface area contributed by atoms with Crippen molar-refractivity contribution >= 4 is 17.6 Å². The van der Waals surface area contributed by atoms with Crippen molar-refractivity contribution in [2.75, 3.05) is 5.75 Å². The smallest absolute Gasteiger partial charge is 0.387 e. The van der Waals surface area contributed by atoms with Gasteiger partial charge in [0.25, 0.3) is 0 Å². The molecule has 1 atom stereocenters. The van der Waals surface area contributed by atoms with Gasteiger partial charge in [0.05, 0.1) is 0 Å². The number of aryl methyl sites for hydroxylation is 1. The highest BCUT2D eigenvalue weighted by molar-refractivity contribution is 7.99. The van der Waals surface area contributed by atoms with Gasteiger partial charge < -0.3 is 5.73 Å². The molecule has 0 aliphatic rings. The van der Waals surface area contributed by atoms with E-state index < -0.39 is 17.9 Å². The van der Waals surface area contributed by atoms with Gasteiger partial charge in [0.15, 0.2) is 0 Å². The van der Waals surface area contributed by atoms with E-state index in [-0.39, 0.29) is 5.75 Å². The Balaban J connectivity index is 2.72. The van der Waals surface area contributed by atoms with Crippen molar-refractivity contribution in [3.05, 3.63) is 29.8 Å². The van der Waals surface area contributed by atoms with Crippen molar-refractivity contribution in [1.29, 1.82) is 5.41 Å². The van der Waals surface area contributed by atoms with Gasteiger partial charge in [0.1, 0.15) is 11.8 Å². The summed E-state index contributed by atoms with van der Waals surface area (Å²) in [6.45, 7) is 1.83. The van der Waals surface area contributed by atoms with Gasteiger partial charge in [0, 0.05) is 10.6 Å². The molecule has 2 nitrogen and oxygen atoms in total. The predicted molar refractivity (Wildman–Crippen MR) is 63.4 cm³/mol. The third-order valence-electron chi connectivity index (χ3n) is 2.27. The Hall–Kier alpha value is -1.17. The van der Waals surface area contributed by atoms with E-state index in [2.05, 4.69) is 0 Å². The van der Waals surface area contributed by atoms with Gasteiger partial charge in [-0.3, -0.25) is 5.41 Å². The summed E-state index contributed by atoms with van der Waals surface area (Å²) >= 11 is 1.07. The minimum Gasteiger partial charge on any atom is -0.387 e. The second-order valence-electron chi connectivity index (χ2n) is 3.63. The van der Waals surface area contributed by atoms with Crippen molar-refractivity contribution in [2.24, 2.45) is 11.7 Å². The average Bonchev–Trinajstić information content (AvgIpc) is 2.18. The number of rotatable bonds is 4. The summed E-state index contributed by atoms with van der Waals surface area (Å²) in [5.74, 6) is -2.98. The number of nitrogens with one attached hydrogen (secondary N) is 1. The summed E-state index contributed by atoms with van der Waals surface area (Å²) in [6.07, 6.45) is -4.46. The second kappa shape index (κ2) is 5.44. The molecule has 0 spiro atoms. The van der Waals surface area contributed by atoms with E-state index in [1.807, 2.05) is 19.1 Å². The minimum absolute atomic E-state index is 0.260. The first-order valence-corrected chi connectivity index (χ1v) is 5.90. The Morgan fingerprint density at radius 1 is 1.41 bits per heavy atom. The number of halogens is 3. The van der Waals surface area contributed by atoms with Crippen LogP contribution in [0.3, 0.4) is 0 Å². The highest BCUT2D eigenvalue weighted by atomic mass is 32.2. The molecule has 0 aromatic heterocycles. The number of alkyl halides is 3. The van der Waals surface area contributed by atoms with Crippen LogP contribution in [0, 0.1) is 18.3 Å². The molecule has 94 valence electrons. The second-order valence-corrected chi connectivity index (χ2v) is 4.69. The van der Waals surface area contributed by atoms with Crippen LogP contribution in [0.2, 0.25) is 0 Å². The van der Waals surface area contributed by atoms with Crippen molar-refractivity contribution < 1.29 is 13.2 Å². The first-order chi connectivity index (χ1) is 7.82. The lowest BCUT2D eigenvalue weighted by molar-refractivity contribution is -0.149. The maximum absolute atomic E-state index is 12.5. The van der Waals surface area contributed by atoms with Crippen molar-refractivity contribution in [3.8, 4) is 0 Å². The number of thioether (sulfide) groups is 1. The van der Waals surface area contributed by atoms with Crippen LogP contribution in [0.4, 0.5) is 13.2 Å². The summed E-state index contributed by atoms with van der Waals surface area (Å²) in [5, 5.41) is 6.97. The maximum atomic E-state index is 12.5. The summed E-state index contributed by atoms with van der Waals surface area (Å²) in [6, 6.07) is 7.18. The third kappa shape index (κ3) is 3.96. The van der Waals surface area contributed by atoms with Crippen molar-refractivity contribution in [1.82, 2.24) is 0 Å². The van der Waals surface area contributed by atoms with Gasteiger partial charge in [-0.25, -0.2) is 0 Å². The molecule has 1 rings (SSSR count).